The fourth-order valence-electron chi connectivity index (χ4n) is 1.54. The van der Waals surface area contributed by atoms with E-state index in [-0.39, 0.29) is 5.69 Å². The summed E-state index contributed by atoms with van der Waals surface area (Å²) in [6.45, 7) is 1.66. The monoisotopic (exact) mass is 207 g/mol. The Morgan fingerprint density at radius 1 is 1.60 bits per heavy atom. The molecule has 0 atom stereocenters. The lowest BCUT2D eigenvalue weighted by atomic mass is 10.2. The van der Waals surface area contributed by atoms with Gasteiger partial charge >= 0.3 is 5.69 Å². The molecule has 0 aromatic carbocycles. The molecular formula is C9H9N3O3. The van der Waals surface area contributed by atoms with Crippen molar-refractivity contribution < 1.29 is 9.66 Å². The smallest absolute Gasteiger partial charge is 0.315 e. The number of hydrogen-bond donors (Lipinski definition) is 0. The first-order valence-corrected chi connectivity index (χ1v) is 4.30. The van der Waals surface area contributed by atoms with Gasteiger partial charge in [-0.3, -0.25) is 14.5 Å². The van der Waals surface area contributed by atoms with Crippen LogP contribution in [0.2, 0.25) is 0 Å². The largest absolute Gasteiger partial charge is 0.482 e. The number of nitrogens with zero attached hydrogens (tertiary/aromatic N) is 3. The normalized spacial score (nSPS) is 10.5. The van der Waals surface area contributed by atoms with Crippen LogP contribution in [0.1, 0.15) is 5.56 Å². The lowest BCUT2D eigenvalue weighted by Gasteiger charge is -2.05. The van der Waals surface area contributed by atoms with E-state index in [0.717, 1.165) is 0 Å². The van der Waals surface area contributed by atoms with E-state index in [1.165, 1.54) is 13.3 Å². The zero-order chi connectivity index (χ0) is 11.0. The number of aryl methyl sites for hydroxylation is 1. The van der Waals surface area contributed by atoms with Gasteiger partial charge in [-0.25, -0.2) is 4.98 Å². The summed E-state index contributed by atoms with van der Waals surface area (Å²) in [7, 11) is 1.51. The summed E-state index contributed by atoms with van der Waals surface area (Å²) in [5, 5.41) is 10.8. The highest BCUT2D eigenvalue weighted by Crippen LogP contribution is 2.27. The van der Waals surface area contributed by atoms with E-state index in [9.17, 15) is 10.1 Å². The Balaban J connectivity index is 2.87. The molecule has 0 aliphatic heterocycles. The Bertz CT molecular complexity index is 533. The molecule has 15 heavy (non-hydrogen) atoms. The van der Waals surface area contributed by atoms with Crippen molar-refractivity contribution in [3.05, 3.63) is 34.1 Å². The van der Waals surface area contributed by atoms with Crippen molar-refractivity contribution >= 4 is 11.3 Å². The summed E-state index contributed by atoms with van der Waals surface area (Å²) < 4.78 is 6.65. The van der Waals surface area contributed by atoms with Gasteiger partial charge in [-0.1, -0.05) is 0 Å². The van der Waals surface area contributed by atoms with E-state index in [0.29, 0.717) is 17.1 Å². The Labute approximate surface area is 85.3 Å². The highest BCUT2D eigenvalue weighted by atomic mass is 16.6. The van der Waals surface area contributed by atoms with E-state index in [2.05, 4.69) is 4.98 Å². The highest BCUT2D eigenvalue weighted by Gasteiger charge is 2.20. The van der Waals surface area contributed by atoms with Crippen molar-refractivity contribution in [3.8, 4) is 5.88 Å². The molecule has 0 saturated carbocycles. The van der Waals surface area contributed by atoms with Crippen LogP contribution in [0, 0.1) is 17.0 Å². The van der Waals surface area contributed by atoms with Crippen LogP contribution in [0.3, 0.4) is 0 Å². The van der Waals surface area contributed by atoms with Gasteiger partial charge in [0.2, 0.25) is 5.65 Å². The Morgan fingerprint density at radius 3 is 2.93 bits per heavy atom. The fourth-order valence-corrected chi connectivity index (χ4v) is 1.54. The van der Waals surface area contributed by atoms with Crippen LogP contribution in [-0.4, -0.2) is 21.4 Å². The van der Waals surface area contributed by atoms with Crippen molar-refractivity contribution in [1.29, 1.82) is 0 Å². The molecule has 0 radical (unpaired) electrons. The molecule has 0 aliphatic carbocycles. The quantitative estimate of drug-likeness (QED) is 0.553. The molecule has 0 N–H and O–H groups in total. The number of hydrogen-bond acceptors (Lipinski definition) is 4. The standard InChI is InChI=1S/C9H9N3O3/c1-6-5-7(15-2)11-4-3-10-9(11)8(6)12(13)14/h3-5H,1-2H3. The van der Waals surface area contributed by atoms with E-state index < -0.39 is 4.92 Å². The molecule has 6 heteroatoms. The minimum absolute atomic E-state index is 0.0146. The molecule has 6 nitrogen and oxygen atoms in total. The maximum atomic E-state index is 10.8. The van der Waals surface area contributed by atoms with Crippen LogP contribution in [0.25, 0.3) is 5.65 Å². The Kier molecular flexibility index (Phi) is 2.03. The summed E-state index contributed by atoms with van der Waals surface area (Å²) in [6, 6.07) is 1.62. The van der Waals surface area contributed by atoms with Crippen LogP contribution in [0.5, 0.6) is 5.88 Å². The lowest BCUT2D eigenvalue weighted by Crippen LogP contribution is -2.00. The molecule has 0 unspecified atom stereocenters. The number of imidazole rings is 1. The summed E-state index contributed by atoms with van der Waals surface area (Å²) in [5.74, 6) is 0.533. The molecule has 0 amide bonds. The van der Waals surface area contributed by atoms with Crippen LogP contribution in [-0.2, 0) is 0 Å². The number of pyridine rings is 1. The second-order valence-corrected chi connectivity index (χ2v) is 3.10. The van der Waals surface area contributed by atoms with Crippen LogP contribution in [0.4, 0.5) is 5.69 Å². The van der Waals surface area contributed by atoms with Crippen LogP contribution >= 0.6 is 0 Å². The number of fused-ring (bicyclic) bond motifs is 1. The number of methoxy groups -OCH3 is 1. The van der Waals surface area contributed by atoms with Gasteiger partial charge < -0.3 is 4.74 Å². The molecule has 0 saturated heterocycles. The molecule has 2 rings (SSSR count). The van der Waals surface area contributed by atoms with Gasteiger partial charge in [-0.2, -0.15) is 0 Å². The third kappa shape index (κ3) is 1.30. The number of aromatic nitrogens is 2. The summed E-state index contributed by atoms with van der Waals surface area (Å²) in [4.78, 5) is 14.4. The van der Waals surface area contributed by atoms with Crippen molar-refractivity contribution in [2.24, 2.45) is 0 Å². The third-order valence-electron chi connectivity index (χ3n) is 2.20. The second-order valence-electron chi connectivity index (χ2n) is 3.10. The molecule has 0 spiro atoms. The molecular weight excluding hydrogens is 198 g/mol. The van der Waals surface area contributed by atoms with Gasteiger partial charge in [0.1, 0.15) is 0 Å². The molecule has 2 heterocycles. The van der Waals surface area contributed by atoms with Gasteiger partial charge in [-0.05, 0) is 6.92 Å². The zero-order valence-electron chi connectivity index (χ0n) is 8.30. The van der Waals surface area contributed by atoms with Gasteiger partial charge in [-0.15, -0.1) is 0 Å². The van der Waals surface area contributed by atoms with Crippen molar-refractivity contribution in [2.75, 3.05) is 7.11 Å². The van der Waals surface area contributed by atoms with Crippen molar-refractivity contribution in [3.63, 3.8) is 0 Å². The third-order valence-corrected chi connectivity index (χ3v) is 2.20. The summed E-state index contributed by atoms with van der Waals surface area (Å²) in [5.41, 5.74) is 0.855. The average molecular weight is 207 g/mol. The average Bonchev–Trinajstić information content (AvgIpc) is 2.63. The minimum atomic E-state index is -0.433. The molecule has 2 aromatic heterocycles. The molecule has 0 aliphatic rings. The first kappa shape index (κ1) is 9.45. The minimum Gasteiger partial charge on any atom is -0.482 e. The number of ether oxygens (including phenoxy) is 1. The van der Waals surface area contributed by atoms with Gasteiger partial charge in [0, 0.05) is 24.0 Å². The SMILES string of the molecule is COc1cc(C)c([N+](=O)[O-])c2nccn12. The van der Waals surface area contributed by atoms with Gasteiger partial charge in [0.15, 0.2) is 5.88 Å². The Hall–Kier alpha value is -2.11. The fraction of sp³-hybridized carbons (Fsp3) is 0.222. The summed E-state index contributed by atoms with van der Waals surface area (Å²) >= 11 is 0. The number of nitro groups is 1. The first-order chi connectivity index (χ1) is 7.15. The van der Waals surface area contributed by atoms with E-state index in [1.807, 2.05) is 0 Å². The molecule has 0 bridgehead atoms. The topological polar surface area (TPSA) is 69.7 Å². The van der Waals surface area contributed by atoms with Crippen molar-refractivity contribution in [2.45, 2.75) is 6.92 Å². The van der Waals surface area contributed by atoms with E-state index >= 15 is 0 Å². The molecule has 0 fully saturated rings. The van der Waals surface area contributed by atoms with Gasteiger partial charge in [0.25, 0.3) is 0 Å². The predicted molar refractivity (Wildman–Crippen MR) is 53.1 cm³/mol. The van der Waals surface area contributed by atoms with Crippen molar-refractivity contribution in [1.82, 2.24) is 9.38 Å². The lowest BCUT2D eigenvalue weighted by molar-refractivity contribution is -0.384. The predicted octanol–water partition coefficient (Wildman–Crippen LogP) is 1.56. The number of rotatable bonds is 2. The summed E-state index contributed by atoms with van der Waals surface area (Å²) in [6.07, 6.45) is 3.13. The first-order valence-electron chi connectivity index (χ1n) is 4.30. The zero-order valence-corrected chi connectivity index (χ0v) is 8.30. The molecule has 78 valence electrons. The van der Waals surface area contributed by atoms with Crippen LogP contribution < -0.4 is 4.74 Å². The second kappa shape index (κ2) is 3.23. The van der Waals surface area contributed by atoms with Gasteiger partial charge in [0.05, 0.1) is 12.0 Å². The van der Waals surface area contributed by atoms with E-state index in [4.69, 9.17) is 4.74 Å². The maximum absolute atomic E-state index is 10.8. The maximum Gasteiger partial charge on any atom is 0.315 e. The van der Waals surface area contributed by atoms with Crippen LogP contribution in [0.15, 0.2) is 18.5 Å². The van der Waals surface area contributed by atoms with E-state index in [1.54, 1.807) is 23.6 Å². The molecule has 2 aromatic rings. The highest BCUT2D eigenvalue weighted by molar-refractivity contribution is 5.65. The Morgan fingerprint density at radius 2 is 2.33 bits per heavy atom.